The van der Waals surface area contributed by atoms with Crippen molar-refractivity contribution in [3.05, 3.63) is 17.2 Å². The van der Waals surface area contributed by atoms with Gasteiger partial charge in [-0.25, -0.2) is 0 Å². The Labute approximate surface area is 215 Å². The van der Waals surface area contributed by atoms with Gasteiger partial charge in [0.2, 0.25) is 5.75 Å². The Morgan fingerprint density at radius 2 is 1.25 bits per heavy atom. The number of rotatable bonds is 12. The molecule has 6 heteroatoms. The lowest BCUT2D eigenvalue weighted by atomic mass is 9.47. The fourth-order valence-electron chi connectivity index (χ4n) is 7.73. The summed E-state index contributed by atoms with van der Waals surface area (Å²) in [6, 6.07) is 2.37. The van der Waals surface area contributed by atoms with Crippen molar-refractivity contribution in [3.63, 3.8) is 0 Å². The lowest BCUT2D eigenvalue weighted by Crippen LogP contribution is -2.49. The Hall–Kier alpha value is -1.50. The van der Waals surface area contributed by atoms with Gasteiger partial charge in [0.1, 0.15) is 38.1 Å². The van der Waals surface area contributed by atoms with Crippen molar-refractivity contribution < 1.29 is 28.4 Å². The predicted molar refractivity (Wildman–Crippen MR) is 135 cm³/mol. The molecule has 3 atom stereocenters. The van der Waals surface area contributed by atoms with E-state index >= 15 is 0 Å². The van der Waals surface area contributed by atoms with Gasteiger partial charge in [-0.1, -0.05) is 20.8 Å². The molecule has 36 heavy (non-hydrogen) atoms. The summed E-state index contributed by atoms with van der Waals surface area (Å²) in [4.78, 5) is 0. The first-order valence-electron chi connectivity index (χ1n) is 14.4. The molecule has 0 radical (unpaired) electrons. The van der Waals surface area contributed by atoms with Crippen LogP contribution in [0.25, 0.3) is 0 Å². The van der Waals surface area contributed by atoms with Crippen LogP contribution in [-0.2, 0) is 25.0 Å². The summed E-state index contributed by atoms with van der Waals surface area (Å²) in [5.74, 6) is 5.05. The van der Waals surface area contributed by atoms with Crippen molar-refractivity contribution in [3.8, 4) is 17.2 Å². The molecule has 0 spiro atoms. The number of benzene rings is 1. The van der Waals surface area contributed by atoms with E-state index in [1.54, 1.807) is 0 Å². The third-order valence-electron chi connectivity index (χ3n) is 9.83. The summed E-state index contributed by atoms with van der Waals surface area (Å²) in [5, 5.41) is 0. The van der Waals surface area contributed by atoms with E-state index in [-0.39, 0.29) is 29.1 Å². The van der Waals surface area contributed by atoms with Crippen LogP contribution < -0.4 is 14.2 Å². The first-order valence-corrected chi connectivity index (χ1v) is 14.4. The van der Waals surface area contributed by atoms with Gasteiger partial charge in [-0.05, 0) is 85.2 Å². The van der Waals surface area contributed by atoms with Gasteiger partial charge in [0.25, 0.3) is 0 Å². The zero-order valence-corrected chi connectivity index (χ0v) is 22.2. The van der Waals surface area contributed by atoms with Crippen LogP contribution in [0.5, 0.6) is 17.2 Å². The molecule has 0 N–H and O–H groups in total. The summed E-state index contributed by atoms with van der Waals surface area (Å²) < 4.78 is 36.2. The lowest BCUT2D eigenvalue weighted by molar-refractivity contribution is -0.00633. The monoisotopic (exact) mass is 498 g/mol. The molecule has 0 aromatic heterocycles. The average molecular weight is 499 g/mol. The number of hydrogen-bond donors (Lipinski definition) is 0. The van der Waals surface area contributed by atoms with Crippen molar-refractivity contribution in [1.82, 2.24) is 0 Å². The molecule has 7 fully saturated rings. The van der Waals surface area contributed by atoms with E-state index in [1.165, 1.54) is 49.7 Å². The van der Waals surface area contributed by atoms with Crippen LogP contribution >= 0.6 is 0 Å². The fourth-order valence-corrected chi connectivity index (χ4v) is 7.73. The molecule has 198 valence electrons. The maximum atomic E-state index is 6.70. The SMILES string of the molecule is CCC(C)(C)c1c(C23CC4CC(CC(C4)C2)C3)cc(OCC2CO2)c(OCC2CO2)c1OCC1CO1. The minimum absolute atomic E-state index is 0.0509. The third-order valence-corrected chi connectivity index (χ3v) is 9.83. The Morgan fingerprint density at radius 1 is 0.778 bits per heavy atom. The molecule has 0 amide bonds. The summed E-state index contributed by atoms with van der Waals surface area (Å²) >= 11 is 0. The minimum atomic E-state index is -0.0509. The van der Waals surface area contributed by atoms with Crippen LogP contribution in [0.1, 0.15) is 76.8 Å². The minimum Gasteiger partial charge on any atom is -0.487 e. The van der Waals surface area contributed by atoms with Gasteiger partial charge < -0.3 is 28.4 Å². The van der Waals surface area contributed by atoms with Crippen molar-refractivity contribution in [1.29, 1.82) is 0 Å². The van der Waals surface area contributed by atoms with Crippen LogP contribution in [0, 0.1) is 17.8 Å². The summed E-state index contributed by atoms with van der Waals surface area (Å²) in [6.07, 6.45) is 9.75. The maximum absolute atomic E-state index is 6.70. The van der Waals surface area contributed by atoms with Crippen molar-refractivity contribution in [2.75, 3.05) is 39.6 Å². The van der Waals surface area contributed by atoms with E-state index in [1.807, 2.05) is 0 Å². The fraction of sp³-hybridized carbons (Fsp3) is 0.800. The summed E-state index contributed by atoms with van der Waals surface area (Å²) in [6.45, 7) is 11.0. The highest BCUT2D eigenvalue weighted by Crippen LogP contribution is 2.64. The van der Waals surface area contributed by atoms with Crippen LogP contribution in [0.2, 0.25) is 0 Å². The van der Waals surface area contributed by atoms with Gasteiger partial charge in [-0.2, -0.15) is 0 Å². The smallest absolute Gasteiger partial charge is 0.204 e. The molecule has 4 bridgehead atoms. The van der Waals surface area contributed by atoms with Crippen LogP contribution in [0.3, 0.4) is 0 Å². The highest BCUT2D eigenvalue weighted by atomic mass is 16.6. The average Bonchev–Trinajstić information content (AvgIpc) is 3.69. The van der Waals surface area contributed by atoms with E-state index in [9.17, 15) is 0 Å². The first kappa shape index (κ1) is 23.6. The van der Waals surface area contributed by atoms with E-state index < -0.39 is 0 Å². The van der Waals surface area contributed by atoms with E-state index in [4.69, 9.17) is 28.4 Å². The quantitative estimate of drug-likeness (QED) is 0.370. The van der Waals surface area contributed by atoms with Crippen molar-refractivity contribution in [2.24, 2.45) is 17.8 Å². The molecule has 4 saturated carbocycles. The molecule has 8 rings (SSSR count). The van der Waals surface area contributed by atoms with Crippen molar-refractivity contribution >= 4 is 0 Å². The molecule has 7 aliphatic rings. The second-order valence-corrected chi connectivity index (χ2v) is 13.2. The molecule has 6 nitrogen and oxygen atoms in total. The Bertz CT molecular complexity index is 954. The predicted octanol–water partition coefficient (Wildman–Crippen LogP) is 5.17. The molecule has 3 unspecified atom stereocenters. The van der Waals surface area contributed by atoms with Gasteiger partial charge in [0.05, 0.1) is 19.8 Å². The molecule has 1 aromatic rings. The van der Waals surface area contributed by atoms with E-state index in [0.29, 0.717) is 19.8 Å². The van der Waals surface area contributed by atoms with Gasteiger partial charge in [0.15, 0.2) is 11.5 Å². The first-order chi connectivity index (χ1) is 17.4. The number of hydrogen-bond acceptors (Lipinski definition) is 6. The lowest BCUT2D eigenvalue weighted by Gasteiger charge is -2.58. The maximum Gasteiger partial charge on any atom is 0.204 e. The summed E-state index contributed by atoms with van der Waals surface area (Å²) in [5.41, 5.74) is 2.98. The largest absolute Gasteiger partial charge is 0.487 e. The Kier molecular flexibility index (Phi) is 5.75. The van der Waals surface area contributed by atoms with Crippen molar-refractivity contribution in [2.45, 2.75) is 94.9 Å². The standard InChI is InChI=1S/C30H42O6/c1-4-29(2,3)26-24(30-9-18-5-19(10-30)7-20(6-18)11-30)8-25(34-15-21-12-31-21)27(35-16-22-13-32-22)28(26)36-17-23-14-33-23/h8,18-23H,4-7,9-17H2,1-3H3. The summed E-state index contributed by atoms with van der Waals surface area (Å²) in [7, 11) is 0. The Morgan fingerprint density at radius 3 is 1.72 bits per heavy atom. The molecule has 1 aromatic carbocycles. The molecule has 4 aliphatic carbocycles. The Balaban J connectivity index is 1.37. The highest BCUT2D eigenvalue weighted by Gasteiger charge is 2.54. The second-order valence-electron chi connectivity index (χ2n) is 13.2. The molecular formula is C30H42O6. The van der Waals surface area contributed by atoms with Gasteiger partial charge in [-0.3, -0.25) is 0 Å². The van der Waals surface area contributed by atoms with Gasteiger partial charge in [0, 0.05) is 5.56 Å². The number of epoxide rings is 3. The molecule has 3 heterocycles. The molecular weight excluding hydrogens is 456 g/mol. The van der Waals surface area contributed by atoms with Crippen LogP contribution in [0.15, 0.2) is 6.07 Å². The second kappa shape index (κ2) is 8.78. The normalized spacial score (nSPS) is 37.6. The van der Waals surface area contributed by atoms with Crippen LogP contribution in [0.4, 0.5) is 0 Å². The zero-order valence-electron chi connectivity index (χ0n) is 22.2. The zero-order chi connectivity index (χ0) is 24.5. The van der Waals surface area contributed by atoms with E-state index in [0.717, 1.165) is 61.2 Å². The molecule has 3 saturated heterocycles. The third kappa shape index (κ3) is 4.52. The topological polar surface area (TPSA) is 65.3 Å². The van der Waals surface area contributed by atoms with Gasteiger partial charge in [-0.15, -0.1) is 0 Å². The number of ether oxygens (including phenoxy) is 6. The molecule has 3 aliphatic heterocycles. The van der Waals surface area contributed by atoms with Gasteiger partial charge >= 0.3 is 0 Å². The van der Waals surface area contributed by atoms with E-state index in [2.05, 4.69) is 26.8 Å². The highest BCUT2D eigenvalue weighted by molar-refractivity contribution is 5.63. The van der Waals surface area contributed by atoms with Crippen LogP contribution in [-0.4, -0.2) is 58.0 Å².